The molecule has 0 radical (unpaired) electrons. The summed E-state index contributed by atoms with van der Waals surface area (Å²) in [4.78, 5) is 35.0. The van der Waals surface area contributed by atoms with Crippen LogP contribution in [0.1, 0.15) is 31.4 Å². The van der Waals surface area contributed by atoms with Crippen molar-refractivity contribution in [3.05, 3.63) is 27.2 Å². The second kappa shape index (κ2) is 7.91. The molecule has 1 N–H and O–H groups in total. The molecule has 2 heterocycles. The van der Waals surface area contributed by atoms with Crippen molar-refractivity contribution in [3.8, 4) is 0 Å². The third-order valence-corrected chi connectivity index (χ3v) is 5.53. The number of nitrogens with zero attached hydrogens (tertiary/aromatic N) is 4. The SMILES string of the molecule is CC(C)(C)OC(=O)N1CCN(c2nc(C(=O)O)nc3c(F)c(Br)c(Cl)cc23)CC1. The molecule has 11 heteroatoms. The van der Waals surface area contributed by atoms with Crippen LogP contribution in [0, 0.1) is 5.82 Å². The fraction of sp³-hybridized carbons (Fsp3) is 0.444. The number of carboxylic acids is 1. The van der Waals surface area contributed by atoms with Gasteiger partial charge in [0.2, 0.25) is 5.82 Å². The number of hydrogen-bond acceptors (Lipinski definition) is 6. The van der Waals surface area contributed by atoms with Crippen molar-refractivity contribution in [3.63, 3.8) is 0 Å². The molecule has 0 unspecified atom stereocenters. The summed E-state index contributed by atoms with van der Waals surface area (Å²) in [6, 6.07) is 1.49. The first-order valence-corrected chi connectivity index (χ1v) is 9.96. The highest BCUT2D eigenvalue weighted by Crippen LogP contribution is 2.35. The third kappa shape index (κ3) is 4.53. The monoisotopic (exact) mass is 488 g/mol. The van der Waals surface area contributed by atoms with Crippen LogP contribution in [-0.4, -0.2) is 63.8 Å². The van der Waals surface area contributed by atoms with Crippen molar-refractivity contribution in [2.45, 2.75) is 26.4 Å². The van der Waals surface area contributed by atoms with Crippen LogP contribution in [0.4, 0.5) is 15.0 Å². The minimum Gasteiger partial charge on any atom is -0.475 e. The number of ether oxygens (including phenoxy) is 1. The highest BCUT2D eigenvalue weighted by molar-refractivity contribution is 9.10. The average molecular weight is 490 g/mol. The topological polar surface area (TPSA) is 95.9 Å². The molecule has 0 bridgehead atoms. The van der Waals surface area contributed by atoms with Gasteiger partial charge >= 0.3 is 12.1 Å². The van der Waals surface area contributed by atoms with Gasteiger partial charge in [0.25, 0.3) is 0 Å². The van der Waals surface area contributed by atoms with Gasteiger partial charge in [-0.15, -0.1) is 0 Å². The lowest BCUT2D eigenvalue weighted by atomic mass is 10.2. The van der Waals surface area contributed by atoms with Crippen molar-refractivity contribution in [2.75, 3.05) is 31.1 Å². The largest absolute Gasteiger partial charge is 0.475 e. The second-order valence-corrected chi connectivity index (χ2v) is 8.71. The molecule has 1 saturated heterocycles. The van der Waals surface area contributed by atoms with Crippen LogP contribution in [0.25, 0.3) is 10.9 Å². The minimum absolute atomic E-state index is 0.00222. The number of rotatable bonds is 2. The average Bonchev–Trinajstić information content (AvgIpc) is 2.64. The Labute approximate surface area is 179 Å². The number of fused-ring (bicyclic) bond motifs is 1. The lowest BCUT2D eigenvalue weighted by molar-refractivity contribution is 0.0240. The van der Waals surface area contributed by atoms with E-state index >= 15 is 0 Å². The van der Waals surface area contributed by atoms with E-state index in [4.69, 9.17) is 16.3 Å². The van der Waals surface area contributed by atoms with E-state index in [1.54, 1.807) is 30.6 Å². The van der Waals surface area contributed by atoms with Crippen molar-refractivity contribution in [1.29, 1.82) is 0 Å². The third-order valence-electron chi connectivity index (χ3n) is 4.23. The van der Waals surface area contributed by atoms with E-state index < -0.39 is 29.3 Å². The molecule has 29 heavy (non-hydrogen) atoms. The molecule has 8 nitrogen and oxygen atoms in total. The smallest absolute Gasteiger partial charge is 0.410 e. The molecular formula is C18H19BrClFN4O4. The number of carbonyl (C=O) groups is 2. The van der Waals surface area contributed by atoms with Crippen LogP contribution in [0.3, 0.4) is 0 Å². The van der Waals surface area contributed by atoms with Crippen LogP contribution in [0.15, 0.2) is 10.5 Å². The highest BCUT2D eigenvalue weighted by Gasteiger charge is 2.28. The van der Waals surface area contributed by atoms with Gasteiger partial charge in [-0.05, 0) is 42.8 Å². The van der Waals surface area contributed by atoms with E-state index in [1.807, 2.05) is 0 Å². The number of halogens is 3. The van der Waals surface area contributed by atoms with Crippen molar-refractivity contribution in [1.82, 2.24) is 14.9 Å². The van der Waals surface area contributed by atoms with Crippen molar-refractivity contribution in [2.24, 2.45) is 0 Å². The van der Waals surface area contributed by atoms with Gasteiger partial charge in [0, 0.05) is 31.6 Å². The van der Waals surface area contributed by atoms with Gasteiger partial charge in [-0.1, -0.05) is 11.6 Å². The Balaban J connectivity index is 1.94. The molecule has 1 aliphatic heterocycles. The van der Waals surface area contributed by atoms with Crippen LogP contribution in [0.2, 0.25) is 5.02 Å². The van der Waals surface area contributed by atoms with E-state index in [0.717, 1.165) is 0 Å². The molecule has 0 atom stereocenters. The number of carbonyl (C=O) groups excluding carboxylic acids is 1. The molecule has 0 saturated carbocycles. The number of anilines is 1. The Morgan fingerprint density at radius 3 is 2.41 bits per heavy atom. The van der Waals surface area contributed by atoms with Crippen molar-refractivity contribution >= 4 is 56.3 Å². The Morgan fingerprint density at radius 1 is 1.24 bits per heavy atom. The zero-order valence-corrected chi connectivity index (χ0v) is 18.3. The van der Waals surface area contributed by atoms with E-state index in [-0.39, 0.29) is 20.8 Å². The van der Waals surface area contributed by atoms with Gasteiger partial charge in [0.05, 0.1) is 9.50 Å². The molecule has 1 aromatic heterocycles. The van der Waals surface area contributed by atoms with Crippen LogP contribution in [0.5, 0.6) is 0 Å². The van der Waals surface area contributed by atoms with E-state index in [2.05, 4.69) is 25.9 Å². The van der Waals surface area contributed by atoms with Gasteiger partial charge in [-0.25, -0.2) is 23.9 Å². The second-order valence-electron chi connectivity index (χ2n) is 7.51. The van der Waals surface area contributed by atoms with E-state index in [0.29, 0.717) is 31.6 Å². The lowest BCUT2D eigenvalue weighted by Gasteiger charge is -2.36. The fourth-order valence-electron chi connectivity index (χ4n) is 2.92. The number of hydrogen-bond donors (Lipinski definition) is 1. The predicted molar refractivity (Wildman–Crippen MR) is 109 cm³/mol. The molecule has 1 aromatic carbocycles. The summed E-state index contributed by atoms with van der Waals surface area (Å²) >= 11 is 9.13. The molecular weight excluding hydrogens is 471 g/mol. The number of benzene rings is 1. The standard InChI is InChI=1S/C18H19BrClFN4O4/c1-18(2,3)29-17(28)25-6-4-24(5-7-25)15-9-8-10(20)11(19)12(21)13(9)22-14(23-15)16(26)27/h8H,4-7H2,1-3H3,(H,26,27). The van der Waals surface area contributed by atoms with Gasteiger partial charge in [0.15, 0.2) is 5.82 Å². The zero-order valence-electron chi connectivity index (χ0n) is 16.0. The summed E-state index contributed by atoms with van der Waals surface area (Å²) in [6.07, 6.45) is -0.422. The molecule has 0 spiro atoms. The Bertz CT molecular complexity index is 990. The summed E-state index contributed by atoms with van der Waals surface area (Å²) < 4.78 is 20.1. The fourth-order valence-corrected chi connectivity index (χ4v) is 3.41. The lowest BCUT2D eigenvalue weighted by Crippen LogP contribution is -2.50. The van der Waals surface area contributed by atoms with Crippen LogP contribution < -0.4 is 4.90 Å². The summed E-state index contributed by atoms with van der Waals surface area (Å²) in [7, 11) is 0. The predicted octanol–water partition coefficient (Wildman–Crippen LogP) is 3.94. The molecule has 156 valence electrons. The van der Waals surface area contributed by atoms with E-state index in [1.165, 1.54) is 6.07 Å². The number of amides is 1. The van der Waals surface area contributed by atoms with Gasteiger partial charge in [-0.3, -0.25) is 0 Å². The maximum Gasteiger partial charge on any atom is 0.410 e. The Kier molecular flexibility index (Phi) is 5.86. The first kappa shape index (κ1) is 21.5. The van der Waals surface area contributed by atoms with Gasteiger partial charge in [-0.2, -0.15) is 0 Å². The highest BCUT2D eigenvalue weighted by atomic mass is 79.9. The van der Waals surface area contributed by atoms with E-state index in [9.17, 15) is 19.1 Å². The minimum atomic E-state index is -1.37. The molecule has 0 aliphatic carbocycles. The van der Waals surface area contributed by atoms with Gasteiger partial charge < -0.3 is 19.6 Å². The Hall–Kier alpha value is -2.20. The summed E-state index contributed by atoms with van der Waals surface area (Å²) in [5.74, 6) is -2.39. The maximum absolute atomic E-state index is 14.7. The summed E-state index contributed by atoms with van der Waals surface area (Å²) in [5.41, 5.74) is -0.743. The summed E-state index contributed by atoms with van der Waals surface area (Å²) in [5, 5.41) is 9.75. The van der Waals surface area contributed by atoms with Gasteiger partial charge in [0.1, 0.15) is 16.9 Å². The molecule has 3 rings (SSSR count). The number of aromatic carboxylic acids is 1. The Morgan fingerprint density at radius 2 is 1.86 bits per heavy atom. The zero-order chi connectivity index (χ0) is 21.5. The first-order valence-electron chi connectivity index (χ1n) is 8.79. The normalized spacial score (nSPS) is 15.0. The summed E-state index contributed by atoms with van der Waals surface area (Å²) in [6.45, 7) is 6.78. The van der Waals surface area contributed by atoms with Crippen LogP contribution in [-0.2, 0) is 4.74 Å². The molecule has 1 fully saturated rings. The number of aromatic nitrogens is 2. The first-order chi connectivity index (χ1) is 13.5. The molecule has 1 amide bonds. The number of piperazine rings is 1. The maximum atomic E-state index is 14.7. The van der Waals surface area contributed by atoms with Crippen molar-refractivity contribution < 1.29 is 23.8 Å². The van der Waals surface area contributed by atoms with Crippen LogP contribution >= 0.6 is 27.5 Å². The molecule has 1 aliphatic rings. The number of carboxylic acid groups (broad SMARTS) is 1. The quantitative estimate of drug-likeness (QED) is 0.638. The molecule has 2 aromatic rings.